The van der Waals surface area contributed by atoms with Crippen LogP contribution in [0.15, 0.2) is 39.5 Å². The van der Waals surface area contributed by atoms with Gasteiger partial charge in [0.05, 0.1) is 13.2 Å². The van der Waals surface area contributed by atoms with Crippen LogP contribution in [0.2, 0.25) is 0 Å². The van der Waals surface area contributed by atoms with Gasteiger partial charge in [0, 0.05) is 11.9 Å². The zero-order valence-corrected chi connectivity index (χ0v) is 14.1. The average molecular weight is 347 g/mol. The second-order valence-corrected chi connectivity index (χ2v) is 5.40. The van der Waals surface area contributed by atoms with E-state index in [2.05, 4.69) is 5.32 Å². The van der Waals surface area contributed by atoms with Gasteiger partial charge < -0.3 is 19.2 Å². The molecule has 0 aliphatic rings. The first-order valence-electron chi connectivity index (χ1n) is 8.22. The smallest absolute Gasteiger partial charge is 0.434 e. The lowest BCUT2D eigenvalue weighted by atomic mass is 10.2. The van der Waals surface area contributed by atoms with Crippen LogP contribution in [0.5, 0.6) is 0 Å². The Balaban J connectivity index is 1.76. The summed E-state index contributed by atoms with van der Waals surface area (Å²) in [7, 11) is 0. The molecule has 0 saturated carbocycles. The number of hydrogen-bond acceptors (Lipinski definition) is 6. The van der Waals surface area contributed by atoms with Crippen LogP contribution in [0.25, 0.3) is 11.0 Å². The van der Waals surface area contributed by atoms with E-state index in [4.69, 9.17) is 13.9 Å². The first-order valence-corrected chi connectivity index (χ1v) is 8.22. The van der Waals surface area contributed by atoms with E-state index in [1.807, 2.05) is 6.92 Å². The Bertz CT molecular complexity index is 782. The highest BCUT2D eigenvalue weighted by Gasteiger charge is 2.13. The summed E-state index contributed by atoms with van der Waals surface area (Å²) in [6.07, 6.45) is 1.42. The van der Waals surface area contributed by atoms with Crippen LogP contribution < -0.4 is 10.9 Å². The van der Waals surface area contributed by atoms with Gasteiger partial charge in [-0.15, -0.1) is 0 Å². The molecule has 7 heteroatoms. The molecule has 0 saturated heterocycles. The first kappa shape index (κ1) is 18.5. The Morgan fingerprint density at radius 2 is 1.84 bits per heavy atom. The standard InChI is InChI=1S/C18H21NO6/c1-2-3-10-23-18(22)24-11-6-9-19-16(20)14-12-13-7-4-5-8-15(13)25-17(14)21/h4-5,7-8,12H,2-3,6,9-11H2,1H3,(H,19,20). The molecule has 0 aliphatic carbocycles. The normalized spacial score (nSPS) is 10.4. The molecule has 0 fully saturated rings. The molecule has 1 aromatic heterocycles. The summed E-state index contributed by atoms with van der Waals surface area (Å²) in [6, 6.07) is 8.46. The molecular weight excluding hydrogens is 326 g/mol. The first-order chi connectivity index (χ1) is 12.1. The molecular formula is C18H21NO6. The number of fused-ring (bicyclic) bond motifs is 1. The number of unbranched alkanes of at least 4 members (excludes halogenated alkanes) is 1. The number of nitrogens with one attached hydrogen (secondary N) is 1. The van der Waals surface area contributed by atoms with E-state index in [1.54, 1.807) is 24.3 Å². The van der Waals surface area contributed by atoms with Crippen LogP contribution in [0.4, 0.5) is 4.79 Å². The predicted octanol–water partition coefficient (Wildman–Crippen LogP) is 2.87. The van der Waals surface area contributed by atoms with E-state index in [0.29, 0.717) is 24.0 Å². The molecule has 2 aromatic rings. The summed E-state index contributed by atoms with van der Waals surface area (Å²) in [5, 5.41) is 3.27. The van der Waals surface area contributed by atoms with E-state index in [0.717, 1.165) is 12.8 Å². The van der Waals surface area contributed by atoms with E-state index < -0.39 is 17.7 Å². The number of carbonyl (C=O) groups excluding carboxylic acids is 2. The Labute approximate surface area is 144 Å². The molecule has 1 N–H and O–H groups in total. The minimum Gasteiger partial charge on any atom is -0.434 e. The second-order valence-electron chi connectivity index (χ2n) is 5.40. The number of carbonyl (C=O) groups is 2. The van der Waals surface area contributed by atoms with Crippen LogP contribution in [-0.2, 0) is 9.47 Å². The lowest BCUT2D eigenvalue weighted by molar-refractivity contribution is 0.0537. The lowest BCUT2D eigenvalue weighted by Crippen LogP contribution is -2.29. The van der Waals surface area contributed by atoms with Gasteiger partial charge in [-0.25, -0.2) is 9.59 Å². The molecule has 134 valence electrons. The Morgan fingerprint density at radius 3 is 2.60 bits per heavy atom. The van der Waals surface area contributed by atoms with Gasteiger partial charge in [-0.1, -0.05) is 31.5 Å². The molecule has 1 amide bonds. The average Bonchev–Trinajstić information content (AvgIpc) is 2.61. The highest BCUT2D eigenvalue weighted by molar-refractivity contribution is 5.96. The van der Waals surface area contributed by atoms with Crippen LogP contribution in [-0.4, -0.2) is 31.8 Å². The van der Waals surface area contributed by atoms with Gasteiger partial charge >= 0.3 is 11.8 Å². The van der Waals surface area contributed by atoms with Crippen molar-refractivity contribution >= 4 is 23.0 Å². The third kappa shape index (κ3) is 5.63. The quantitative estimate of drug-likeness (QED) is 0.448. The molecule has 0 bridgehead atoms. The van der Waals surface area contributed by atoms with Crippen molar-refractivity contribution in [2.24, 2.45) is 0 Å². The zero-order chi connectivity index (χ0) is 18.1. The van der Waals surface area contributed by atoms with E-state index >= 15 is 0 Å². The fourth-order valence-electron chi connectivity index (χ4n) is 2.09. The van der Waals surface area contributed by atoms with Crippen molar-refractivity contribution in [3.63, 3.8) is 0 Å². The van der Waals surface area contributed by atoms with Crippen molar-refractivity contribution in [1.82, 2.24) is 5.32 Å². The fraction of sp³-hybridized carbons (Fsp3) is 0.389. The van der Waals surface area contributed by atoms with Gasteiger partial charge in [-0.2, -0.15) is 0 Å². The maximum absolute atomic E-state index is 12.1. The fourth-order valence-corrected chi connectivity index (χ4v) is 2.09. The molecule has 1 aromatic carbocycles. The van der Waals surface area contributed by atoms with Crippen molar-refractivity contribution in [2.45, 2.75) is 26.2 Å². The number of rotatable bonds is 8. The summed E-state index contributed by atoms with van der Waals surface area (Å²) in [6.45, 7) is 2.71. The van der Waals surface area contributed by atoms with Crippen molar-refractivity contribution in [2.75, 3.05) is 19.8 Å². The van der Waals surface area contributed by atoms with Crippen LogP contribution in [0, 0.1) is 0 Å². The van der Waals surface area contributed by atoms with Crippen molar-refractivity contribution in [3.05, 3.63) is 46.3 Å². The number of amides is 1. The third-order valence-corrected chi connectivity index (χ3v) is 3.43. The lowest BCUT2D eigenvalue weighted by Gasteiger charge is -2.07. The molecule has 2 rings (SSSR count). The minimum absolute atomic E-state index is 0.0569. The highest BCUT2D eigenvalue weighted by atomic mass is 16.7. The largest absolute Gasteiger partial charge is 0.508 e. The number of ether oxygens (including phenoxy) is 2. The van der Waals surface area contributed by atoms with Crippen molar-refractivity contribution < 1.29 is 23.5 Å². The Morgan fingerprint density at radius 1 is 1.12 bits per heavy atom. The molecule has 1 heterocycles. The molecule has 0 atom stereocenters. The summed E-state index contributed by atoms with van der Waals surface area (Å²) < 4.78 is 14.8. The molecule has 0 aliphatic heterocycles. The second kappa shape index (κ2) is 9.46. The molecule has 0 spiro atoms. The van der Waals surface area contributed by atoms with E-state index in [-0.39, 0.29) is 18.7 Å². The third-order valence-electron chi connectivity index (χ3n) is 3.43. The number of para-hydroxylation sites is 1. The van der Waals surface area contributed by atoms with Gasteiger partial charge in [0.2, 0.25) is 0 Å². The van der Waals surface area contributed by atoms with Crippen molar-refractivity contribution in [3.8, 4) is 0 Å². The zero-order valence-electron chi connectivity index (χ0n) is 14.1. The molecule has 0 radical (unpaired) electrons. The van der Waals surface area contributed by atoms with Gasteiger partial charge in [0.1, 0.15) is 11.1 Å². The van der Waals surface area contributed by atoms with Gasteiger partial charge in [-0.05, 0) is 25.0 Å². The van der Waals surface area contributed by atoms with Gasteiger partial charge in [0.15, 0.2) is 0 Å². The van der Waals surface area contributed by atoms with Gasteiger partial charge in [0.25, 0.3) is 5.91 Å². The molecule has 25 heavy (non-hydrogen) atoms. The summed E-state index contributed by atoms with van der Waals surface area (Å²) in [4.78, 5) is 35.2. The van der Waals surface area contributed by atoms with Crippen molar-refractivity contribution in [1.29, 1.82) is 0 Å². The Kier molecular flexibility index (Phi) is 7.00. The monoisotopic (exact) mass is 347 g/mol. The van der Waals surface area contributed by atoms with E-state index in [1.165, 1.54) is 6.07 Å². The SMILES string of the molecule is CCCCOC(=O)OCCCNC(=O)c1cc2ccccc2oc1=O. The summed E-state index contributed by atoms with van der Waals surface area (Å²) in [5.41, 5.74) is -0.315. The maximum atomic E-state index is 12.1. The van der Waals surface area contributed by atoms with Crippen LogP contribution >= 0.6 is 0 Å². The minimum atomic E-state index is -0.713. The van der Waals surface area contributed by atoms with Crippen LogP contribution in [0.1, 0.15) is 36.5 Å². The maximum Gasteiger partial charge on any atom is 0.508 e. The molecule has 7 nitrogen and oxygen atoms in total. The molecule has 0 unspecified atom stereocenters. The number of hydrogen-bond donors (Lipinski definition) is 1. The Hall–Kier alpha value is -2.83. The number of benzene rings is 1. The highest BCUT2D eigenvalue weighted by Crippen LogP contribution is 2.12. The van der Waals surface area contributed by atoms with Gasteiger partial charge in [-0.3, -0.25) is 4.79 Å². The predicted molar refractivity (Wildman–Crippen MR) is 91.6 cm³/mol. The van der Waals surface area contributed by atoms with E-state index in [9.17, 15) is 14.4 Å². The summed E-state index contributed by atoms with van der Waals surface area (Å²) >= 11 is 0. The van der Waals surface area contributed by atoms with Crippen LogP contribution in [0.3, 0.4) is 0 Å². The summed E-state index contributed by atoms with van der Waals surface area (Å²) in [5.74, 6) is -0.523. The topological polar surface area (TPSA) is 94.8 Å².